The molecule has 0 N–H and O–H groups in total. The second kappa shape index (κ2) is 9.87. The van der Waals surface area contributed by atoms with Crippen LogP contribution in [0.5, 0.6) is 5.19 Å². The van der Waals surface area contributed by atoms with E-state index in [-0.39, 0.29) is 22.7 Å². The Bertz CT molecular complexity index is 1250. The van der Waals surface area contributed by atoms with E-state index in [0.717, 1.165) is 31.6 Å². The molecule has 34 heavy (non-hydrogen) atoms. The Labute approximate surface area is 201 Å². The number of sulfone groups is 1. The van der Waals surface area contributed by atoms with Crippen LogP contribution in [0.2, 0.25) is 0 Å². The molecule has 2 aromatic heterocycles. The molecule has 12 heteroatoms. The van der Waals surface area contributed by atoms with Crippen molar-refractivity contribution in [2.24, 2.45) is 5.92 Å². The van der Waals surface area contributed by atoms with Gasteiger partial charge in [0.1, 0.15) is 5.82 Å². The highest BCUT2D eigenvalue weighted by atomic mass is 32.2. The molecule has 0 unspecified atom stereocenters. The highest BCUT2D eigenvalue weighted by Gasteiger charge is 2.24. The molecule has 0 saturated carbocycles. The largest absolute Gasteiger partial charge is 0.469 e. The van der Waals surface area contributed by atoms with Gasteiger partial charge in [-0.05, 0) is 68.6 Å². The predicted molar refractivity (Wildman–Crippen MR) is 125 cm³/mol. The number of piperidine rings is 1. The number of carbonyl (C=O) groups excluding carboxylic acids is 1. The molecule has 0 spiro atoms. The minimum absolute atomic E-state index is 0.0789. The Morgan fingerprint density at radius 2 is 2.03 bits per heavy atom. The summed E-state index contributed by atoms with van der Waals surface area (Å²) in [4.78, 5) is 18.6. The van der Waals surface area contributed by atoms with Crippen LogP contribution in [0.15, 0.2) is 29.3 Å². The van der Waals surface area contributed by atoms with Crippen molar-refractivity contribution in [3.63, 3.8) is 0 Å². The maximum Gasteiger partial charge on any atom is 0.410 e. The molecule has 0 atom stereocenters. The van der Waals surface area contributed by atoms with Gasteiger partial charge in [-0.3, -0.25) is 0 Å². The van der Waals surface area contributed by atoms with E-state index in [1.165, 1.54) is 28.0 Å². The molecule has 3 heterocycles. The maximum atomic E-state index is 14.5. The van der Waals surface area contributed by atoms with Crippen LogP contribution in [0.1, 0.15) is 33.1 Å². The lowest BCUT2D eigenvalue weighted by molar-refractivity contribution is 0.0637. The normalized spacial score (nSPS) is 15.3. The molecule has 0 radical (unpaired) electrons. The Hall–Kier alpha value is -2.73. The minimum Gasteiger partial charge on any atom is -0.469 e. The van der Waals surface area contributed by atoms with E-state index < -0.39 is 15.7 Å². The zero-order valence-corrected chi connectivity index (χ0v) is 20.9. The number of ether oxygens (including phenoxy) is 2. The molecule has 1 saturated heterocycles. The van der Waals surface area contributed by atoms with E-state index in [1.54, 1.807) is 11.1 Å². The van der Waals surface area contributed by atoms with E-state index in [4.69, 9.17) is 9.47 Å². The van der Waals surface area contributed by atoms with Crippen LogP contribution in [0.25, 0.3) is 16.2 Å². The van der Waals surface area contributed by atoms with Gasteiger partial charge in [0, 0.05) is 24.9 Å². The number of carbonyl (C=O) groups is 1. The summed E-state index contributed by atoms with van der Waals surface area (Å²) in [5.41, 5.74) is 0.571. The number of benzene rings is 1. The molecule has 0 bridgehead atoms. The number of fused-ring (bicyclic) bond motifs is 1. The first-order chi connectivity index (χ1) is 16.1. The van der Waals surface area contributed by atoms with Crippen LogP contribution in [0, 0.1) is 11.7 Å². The Morgan fingerprint density at radius 1 is 1.29 bits per heavy atom. The fourth-order valence-electron chi connectivity index (χ4n) is 3.80. The van der Waals surface area contributed by atoms with E-state index in [0.29, 0.717) is 41.5 Å². The van der Waals surface area contributed by atoms with Gasteiger partial charge in [-0.2, -0.15) is 0 Å². The van der Waals surface area contributed by atoms with E-state index in [2.05, 4.69) is 10.1 Å². The molecule has 3 aromatic rings. The number of likely N-dealkylation sites (tertiary alicyclic amines) is 1. The second-order valence-corrected chi connectivity index (χ2v) is 11.6. The van der Waals surface area contributed by atoms with Gasteiger partial charge in [0.2, 0.25) is 4.96 Å². The van der Waals surface area contributed by atoms with Crippen molar-refractivity contribution in [1.82, 2.24) is 19.5 Å². The number of hydrogen-bond acceptors (Lipinski definition) is 8. The van der Waals surface area contributed by atoms with Gasteiger partial charge in [-0.25, -0.2) is 27.1 Å². The predicted octanol–water partition coefficient (Wildman–Crippen LogP) is 4.03. The van der Waals surface area contributed by atoms with Crippen LogP contribution in [-0.4, -0.2) is 66.1 Å². The third kappa shape index (κ3) is 5.66. The molecule has 1 fully saturated rings. The van der Waals surface area contributed by atoms with Gasteiger partial charge >= 0.3 is 6.09 Å². The summed E-state index contributed by atoms with van der Waals surface area (Å²) in [5, 5.41) is 4.83. The number of halogens is 1. The van der Waals surface area contributed by atoms with Gasteiger partial charge in [0.05, 0.1) is 29.5 Å². The average molecular weight is 511 g/mol. The van der Waals surface area contributed by atoms with Gasteiger partial charge in [0.25, 0.3) is 5.19 Å². The summed E-state index contributed by atoms with van der Waals surface area (Å²) in [6, 6.07) is 3.77. The number of aromatic nitrogens is 3. The minimum atomic E-state index is -3.49. The smallest absolute Gasteiger partial charge is 0.410 e. The van der Waals surface area contributed by atoms with Crippen LogP contribution < -0.4 is 4.74 Å². The van der Waals surface area contributed by atoms with Crippen LogP contribution >= 0.6 is 11.3 Å². The molecule has 0 aliphatic carbocycles. The topological polar surface area (TPSA) is 103 Å². The van der Waals surface area contributed by atoms with Crippen LogP contribution in [0.3, 0.4) is 0 Å². The van der Waals surface area contributed by atoms with Gasteiger partial charge < -0.3 is 14.4 Å². The zero-order chi connectivity index (χ0) is 24.5. The molecule has 1 amide bonds. The standard InChI is InChI=1S/C22H27FN4O5S2/c1-14(2)32-22(28)26-9-6-15(7-10-26)8-11-31-21-25-27-13-19(24-20(27)33-21)17-5-4-16(12-18(17)23)34(3,29)30/h4-5,12-15H,6-11H2,1-3H3. The molecule has 1 aromatic carbocycles. The van der Waals surface area contributed by atoms with Crippen molar-refractivity contribution < 1.29 is 27.1 Å². The second-order valence-electron chi connectivity index (χ2n) is 8.64. The average Bonchev–Trinajstić information content (AvgIpc) is 3.31. The van der Waals surface area contributed by atoms with Crippen LogP contribution in [0.4, 0.5) is 9.18 Å². The molecule has 9 nitrogen and oxygen atoms in total. The third-order valence-electron chi connectivity index (χ3n) is 5.63. The van der Waals surface area contributed by atoms with Crippen molar-refractivity contribution in [1.29, 1.82) is 0 Å². The van der Waals surface area contributed by atoms with E-state index in [1.807, 2.05) is 13.8 Å². The summed E-state index contributed by atoms with van der Waals surface area (Å²) >= 11 is 1.25. The molecule has 184 valence electrons. The van der Waals surface area contributed by atoms with Gasteiger partial charge in [-0.15, -0.1) is 5.10 Å². The number of nitrogens with zero attached hydrogens (tertiary/aromatic N) is 4. The number of rotatable bonds is 7. The fourth-order valence-corrected chi connectivity index (χ4v) is 5.19. The Kier molecular flexibility index (Phi) is 7.08. The van der Waals surface area contributed by atoms with E-state index >= 15 is 0 Å². The lowest BCUT2D eigenvalue weighted by atomic mass is 9.94. The highest BCUT2D eigenvalue weighted by Crippen LogP contribution is 2.29. The summed E-state index contributed by atoms with van der Waals surface area (Å²) in [5.74, 6) is -0.190. The summed E-state index contributed by atoms with van der Waals surface area (Å²) < 4.78 is 50.2. The molecule has 4 rings (SSSR count). The number of hydrogen-bond donors (Lipinski definition) is 0. The van der Waals surface area contributed by atoms with E-state index in [9.17, 15) is 17.6 Å². The van der Waals surface area contributed by atoms with Gasteiger partial charge in [-0.1, -0.05) is 0 Å². The molecular formula is C22H27FN4O5S2. The van der Waals surface area contributed by atoms with Crippen molar-refractivity contribution in [2.45, 2.75) is 44.1 Å². The fraction of sp³-hybridized carbons (Fsp3) is 0.500. The first kappa shape index (κ1) is 24.4. The zero-order valence-electron chi connectivity index (χ0n) is 19.2. The third-order valence-corrected chi connectivity index (χ3v) is 7.58. The first-order valence-electron chi connectivity index (χ1n) is 11.0. The molecule has 1 aliphatic heterocycles. The van der Waals surface area contributed by atoms with Crippen molar-refractivity contribution in [2.75, 3.05) is 26.0 Å². The molecular weight excluding hydrogens is 483 g/mol. The Morgan fingerprint density at radius 3 is 2.65 bits per heavy atom. The quantitative estimate of drug-likeness (QED) is 0.473. The lowest BCUT2D eigenvalue weighted by Gasteiger charge is -2.31. The summed E-state index contributed by atoms with van der Waals surface area (Å²) in [6.45, 7) is 5.56. The number of amides is 1. The molecule has 1 aliphatic rings. The summed E-state index contributed by atoms with van der Waals surface area (Å²) in [6.07, 6.45) is 4.93. The maximum absolute atomic E-state index is 14.5. The van der Waals surface area contributed by atoms with Crippen molar-refractivity contribution in [3.05, 3.63) is 30.2 Å². The lowest BCUT2D eigenvalue weighted by Crippen LogP contribution is -2.39. The van der Waals surface area contributed by atoms with Gasteiger partial charge in [0.15, 0.2) is 9.84 Å². The first-order valence-corrected chi connectivity index (χ1v) is 13.8. The Balaban J connectivity index is 1.30. The summed E-state index contributed by atoms with van der Waals surface area (Å²) in [7, 11) is -3.49. The monoisotopic (exact) mass is 510 g/mol. The van der Waals surface area contributed by atoms with Crippen molar-refractivity contribution >= 4 is 32.2 Å². The number of imidazole rings is 1. The SMILES string of the molecule is CC(C)OC(=O)N1CCC(CCOc2nn3cc(-c4ccc(S(C)(=O)=O)cc4F)nc3s2)CC1. The van der Waals surface area contributed by atoms with Crippen molar-refractivity contribution in [3.8, 4) is 16.5 Å². The van der Waals surface area contributed by atoms with Crippen LogP contribution in [-0.2, 0) is 14.6 Å². The highest BCUT2D eigenvalue weighted by molar-refractivity contribution is 7.90.